The van der Waals surface area contributed by atoms with Crippen LogP contribution in [0.3, 0.4) is 0 Å². The van der Waals surface area contributed by atoms with E-state index in [2.05, 4.69) is 61.3 Å². The second-order valence-electron chi connectivity index (χ2n) is 7.52. The lowest BCUT2D eigenvalue weighted by atomic mass is 9.96. The normalized spacial score (nSPS) is 18.8. The molecule has 0 aliphatic carbocycles. The van der Waals surface area contributed by atoms with Crippen molar-refractivity contribution in [3.05, 3.63) is 74.9 Å². The van der Waals surface area contributed by atoms with E-state index in [4.69, 9.17) is 12.2 Å². The Morgan fingerprint density at radius 2 is 1.84 bits per heavy atom. The van der Waals surface area contributed by atoms with Crippen molar-refractivity contribution in [1.29, 1.82) is 0 Å². The molecule has 3 aromatic rings. The van der Waals surface area contributed by atoms with Crippen LogP contribution in [0.5, 0.6) is 0 Å². The molecule has 31 heavy (non-hydrogen) atoms. The highest BCUT2D eigenvalue weighted by atomic mass is 127. The molecule has 1 saturated heterocycles. The fourth-order valence-electron chi connectivity index (χ4n) is 3.95. The lowest BCUT2D eigenvalue weighted by Gasteiger charge is -2.28. The molecule has 1 aromatic carbocycles. The lowest BCUT2D eigenvalue weighted by Crippen LogP contribution is -2.29. The Morgan fingerprint density at radius 1 is 1.13 bits per heavy atom. The van der Waals surface area contributed by atoms with Crippen LogP contribution < -0.4 is 14.9 Å². The maximum atomic E-state index is 11.5. The van der Waals surface area contributed by atoms with E-state index >= 15 is 0 Å². The Kier molecular flexibility index (Phi) is 5.97. The predicted molar refractivity (Wildman–Crippen MR) is 136 cm³/mol. The molecule has 10 heteroatoms. The number of sulfonamides is 1. The molecule has 1 fully saturated rings. The van der Waals surface area contributed by atoms with E-state index in [1.165, 1.54) is 5.56 Å². The zero-order chi connectivity index (χ0) is 22.3. The predicted octanol–water partition coefficient (Wildman–Crippen LogP) is 4.18. The Hall–Kier alpha value is -2.18. The minimum atomic E-state index is -3.34. The number of rotatable bonds is 5. The summed E-state index contributed by atoms with van der Waals surface area (Å²) >= 11 is 8.13. The highest BCUT2D eigenvalue weighted by Gasteiger charge is 2.42. The van der Waals surface area contributed by atoms with Gasteiger partial charge in [-0.1, -0.05) is 6.07 Å². The Morgan fingerprint density at radius 3 is 2.39 bits per heavy atom. The Balaban J connectivity index is 1.81. The molecular formula is C21H22IN5O2S2. The van der Waals surface area contributed by atoms with Crippen LogP contribution in [-0.2, 0) is 10.0 Å². The number of aromatic nitrogens is 2. The zero-order valence-corrected chi connectivity index (χ0v) is 21.0. The molecule has 0 amide bonds. The van der Waals surface area contributed by atoms with Crippen molar-refractivity contribution in [2.24, 2.45) is 0 Å². The summed E-state index contributed by atoms with van der Waals surface area (Å²) in [6.07, 6.45) is 2.92. The monoisotopic (exact) mass is 567 g/mol. The first kappa shape index (κ1) is 22.0. The standard InChI is InChI=1S/C21H22IN5O2S2/c1-12-17(18(22)13(2)24-12)20-19(16-6-4-5-11-23-16)25-21(30)27(20)15-9-7-14(8-10-15)26-31(3,28)29/h4-11,19-20,24,26H,1-3H3,(H,25,30)/t19-,20+/m1/s1. The van der Waals surface area contributed by atoms with Gasteiger partial charge in [-0.3, -0.25) is 9.71 Å². The van der Waals surface area contributed by atoms with Gasteiger partial charge < -0.3 is 15.2 Å². The summed E-state index contributed by atoms with van der Waals surface area (Å²) in [5.41, 5.74) is 5.64. The minimum Gasteiger partial charge on any atom is -0.362 e. The number of H-pyrrole nitrogens is 1. The topological polar surface area (TPSA) is 90.1 Å². The molecule has 0 radical (unpaired) electrons. The van der Waals surface area contributed by atoms with Gasteiger partial charge in [0.25, 0.3) is 0 Å². The van der Waals surface area contributed by atoms with Gasteiger partial charge in [0.05, 0.1) is 24.0 Å². The van der Waals surface area contributed by atoms with Gasteiger partial charge in [-0.15, -0.1) is 0 Å². The highest BCUT2D eigenvalue weighted by molar-refractivity contribution is 14.1. The van der Waals surface area contributed by atoms with E-state index in [-0.39, 0.29) is 12.1 Å². The molecular weight excluding hydrogens is 545 g/mol. The molecule has 2 aromatic heterocycles. The molecule has 1 aliphatic rings. The maximum absolute atomic E-state index is 11.5. The molecule has 1 aliphatic heterocycles. The number of halogens is 1. The molecule has 3 heterocycles. The first-order valence-electron chi connectivity index (χ1n) is 9.59. The molecule has 4 rings (SSSR count). The second-order valence-corrected chi connectivity index (χ2v) is 10.7. The summed E-state index contributed by atoms with van der Waals surface area (Å²) in [7, 11) is -3.34. The fraction of sp³-hybridized carbons (Fsp3) is 0.238. The SMILES string of the molecule is Cc1[nH]c(C)c([C@H]2[C@@H](c3ccccn3)NC(=S)N2c2ccc(NS(C)(=O)=O)cc2)c1I. The van der Waals surface area contributed by atoms with Crippen LogP contribution in [0, 0.1) is 17.4 Å². The van der Waals surface area contributed by atoms with Gasteiger partial charge in [0.1, 0.15) is 0 Å². The largest absolute Gasteiger partial charge is 0.362 e. The number of nitrogens with zero attached hydrogens (tertiary/aromatic N) is 2. The molecule has 0 saturated carbocycles. The third-order valence-corrected chi connectivity index (χ3v) is 7.50. The van der Waals surface area contributed by atoms with Gasteiger partial charge in [0, 0.05) is 38.1 Å². The van der Waals surface area contributed by atoms with Gasteiger partial charge >= 0.3 is 0 Å². The summed E-state index contributed by atoms with van der Waals surface area (Å²) in [6, 6.07) is 12.8. The van der Waals surface area contributed by atoms with Crippen molar-refractivity contribution >= 4 is 61.3 Å². The first-order valence-corrected chi connectivity index (χ1v) is 13.0. The van der Waals surface area contributed by atoms with Gasteiger partial charge in [-0.2, -0.15) is 0 Å². The lowest BCUT2D eigenvalue weighted by molar-refractivity contribution is 0.564. The van der Waals surface area contributed by atoms with Crippen molar-refractivity contribution in [2.75, 3.05) is 15.9 Å². The second kappa shape index (κ2) is 8.40. The van der Waals surface area contributed by atoms with Gasteiger partial charge in [-0.25, -0.2) is 8.42 Å². The van der Waals surface area contributed by atoms with Crippen molar-refractivity contribution in [3.8, 4) is 0 Å². The van der Waals surface area contributed by atoms with Gasteiger partial charge in [0.15, 0.2) is 5.11 Å². The molecule has 0 spiro atoms. The number of aryl methyl sites for hydroxylation is 2. The number of nitrogens with one attached hydrogen (secondary N) is 3. The highest BCUT2D eigenvalue weighted by Crippen LogP contribution is 2.44. The van der Waals surface area contributed by atoms with Crippen LogP contribution in [0.25, 0.3) is 0 Å². The number of hydrogen-bond donors (Lipinski definition) is 3. The first-order chi connectivity index (χ1) is 14.7. The summed E-state index contributed by atoms with van der Waals surface area (Å²) in [4.78, 5) is 10.1. The maximum Gasteiger partial charge on any atom is 0.229 e. The van der Waals surface area contributed by atoms with E-state index in [0.717, 1.165) is 32.6 Å². The number of thiocarbonyl (C=S) groups is 1. The summed E-state index contributed by atoms with van der Waals surface area (Å²) < 4.78 is 26.7. The van der Waals surface area contributed by atoms with E-state index in [1.54, 1.807) is 18.3 Å². The van der Waals surface area contributed by atoms with Crippen molar-refractivity contribution in [1.82, 2.24) is 15.3 Å². The Labute approximate surface area is 200 Å². The van der Waals surface area contributed by atoms with E-state index in [9.17, 15) is 8.42 Å². The minimum absolute atomic E-state index is 0.118. The molecule has 0 unspecified atom stereocenters. The number of hydrogen-bond acceptors (Lipinski definition) is 4. The summed E-state index contributed by atoms with van der Waals surface area (Å²) in [5.74, 6) is 0. The summed E-state index contributed by atoms with van der Waals surface area (Å²) in [5, 5.41) is 4.05. The van der Waals surface area contributed by atoms with Crippen molar-refractivity contribution in [3.63, 3.8) is 0 Å². The molecule has 0 bridgehead atoms. The summed E-state index contributed by atoms with van der Waals surface area (Å²) in [6.45, 7) is 4.13. The number of pyridine rings is 1. The molecule has 7 nitrogen and oxygen atoms in total. The van der Waals surface area contributed by atoms with Gasteiger partial charge in [-0.05, 0) is 85.1 Å². The third-order valence-electron chi connectivity index (χ3n) is 5.19. The number of aromatic amines is 1. The fourth-order valence-corrected chi connectivity index (χ4v) is 5.72. The van der Waals surface area contributed by atoms with Crippen LogP contribution >= 0.6 is 34.8 Å². The van der Waals surface area contributed by atoms with Crippen molar-refractivity contribution < 1.29 is 8.42 Å². The van der Waals surface area contributed by atoms with Gasteiger partial charge in [0.2, 0.25) is 10.0 Å². The van der Waals surface area contributed by atoms with E-state index in [0.29, 0.717) is 10.8 Å². The zero-order valence-electron chi connectivity index (χ0n) is 17.2. The van der Waals surface area contributed by atoms with E-state index < -0.39 is 10.0 Å². The number of anilines is 2. The van der Waals surface area contributed by atoms with Crippen LogP contribution in [0.1, 0.15) is 34.7 Å². The van der Waals surface area contributed by atoms with Crippen LogP contribution in [-0.4, -0.2) is 29.8 Å². The van der Waals surface area contributed by atoms with Crippen LogP contribution in [0.4, 0.5) is 11.4 Å². The van der Waals surface area contributed by atoms with E-state index in [1.807, 2.05) is 30.3 Å². The average molecular weight is 567 g/mol. The third kappa shape index (κ3) is 4.41. The van der Waals surface area contributed by atoms with Crippen LogP contribution in [0.2, 0.25) is 0 Å². The quantitative estimate of drug-likeness (QED) is 0.317. The Bertz CT molecular complexity index is 1230. The van der Waals surface area contributed by atoms with Crippen molar-refractivity contribution in [2.45, 2.75) is 25.9 Å². The van der Waals surface area contributed by atoms with Crippen LogP contribution in [0.15, 0.2) is 48.7 Å². The molecule has 162 valence electrons. The smallest absolute Gasteiger partial charge is 0.229 e. The molecule has 2 atom stereocenters. The molecule has 3 N–H and O–H groups in total. The average Bonchev–Trinajstić information content (AvgIpc) is 3.17. The number of benzene rings is 1.